The third-order valence-corrected chi connectivity index (χ3v) is 10.2. The van der Waals surface area contributed by atoms with Crippen molar-refractivity contribution in [3.8, 4) is 0 Å². The molecular weight excluding hydrogens is 496 g/mol. The van der Waals surface area contributed by atoms with E-state index in [9.17, 15) is 5.11 Å². The lowest BCUT2D eigenvalue weighted by Crippen LogP contribution is -2.35. The summed E-state index contributed by atoms with van der Waals surface area (Å²) < 4.78 is 12.8. The van der Waals surface area contributed by atoms with Crippen molar-refractivity contribution in [2.45, 2.75) is 71.6 Å². The summed E-state index contributed by atoms with van der Waals surface area (Å²) in [6.45, 7) is 12.0. The first-order chi connectivity index (χ1) is 18.8. The normalized spacial score (nSPS) is 19.2. The minimum Gasteiger partial charge on any atom is -0.389 e. The van der Waals surface area contributed by atoms with Gasteiger partial charge in [0.25, 0.3) is 0 Å². The summed E-state index contributed by atoms with van der Waals surface area (Å²) in [4.78, 5) is 0. The van der Waals surface area contributed by atoms with Crippen molar-refractivity contribution >= 4 is 8.07 Å². The van der Waals surface area contributed by atoms with Gasteiger partial charge in [0.15, 0.2) is 0 Å². The second kappa shape index (κ2) is 13.7. The molecule has 1 aliphatic rings. The van der Waals surface area contributed by atoms with Crippen LogP contribution in [0.5, 0.6) is 0 Å². The van der Waals surface area contributed by atoms with Gasteiger partial charge >= 0.3 is 0 Å². The summed E-state index contributed by atoms with van der Waals surface area (Å²) in [5.74, 6) is 0.402. The third kappa shape index (κ3) is 8.49. The molecule has 0 unspecified atom stereocenters. The van der Waals surface area contributed by atoms with Crippen LogP contribution in [-0.2, 0) is 29.1 Å². The van der Waals surface area contributed by atoms with Crippen LogP contribution >= 0.6 is 0 Å². The SMILES string of the molecule is C[C@@H]1CC(COCc2ccccc2)(COCc2ccccc2)C/C1=C(/[C@H](O)CCc1ccccc1)[Si](C)(C)C. The van der Waals surface area contributed by atoms with Gasteiger partial charge < -0.3 is 14.6 Å². The molecule has 1 aliphatic carbocycles. The number of aliphatic hydroxyl groups excluding tert-OH is 1. The first-order valence-corrected chi connectivity index (χ1v) is 17.9. The highest BCUT2D eigenvalue weighted by Gasteiger charge is 2.44. The molecule has 1 N–H and O–H groups in total. The standard InChI is InChI=1S/C35H46O3Si/c1-28-22-35(26-37-24-30-16-10-6-11-17-30,27-38-25-31-18-12-7-13-19-31)23-32(28)34(39(2,3)4)33(36)21-20-29-14-8-5-9-15-29/h5-19,28,33,36H,20-27H2,1-4H3/b34-32+/t28-,33-/m1/s1. The highest BCUT2D eigenvalue weighted by molar-refractivity contribution is 6.83. The van der Waals surface area contributed by atoms with Crippen LogP contribution in [0.1, 0.15) is 42.9 Å². The van der Waals surface area contributed by atoms with Gasteiger partial charge in [-0.2, -0.15) is 0 Å². The zero-order chi connectivity index (χ0) is 27.7. The van der Waals surface area contributed by atoms with Gasteiger partial charge in [-0.05, 0) is 48.3 Å². The van der Waals surface area contributed by atoms with Crippen molar-refractivity contribution in [1.82, 2.24) is 0 Å². The van der Waals surface area contributed by atoms with Gasteiger partial charge in [-0.25, -0.2) is 0 Å². The Labute approximate surface area is 236 Å². The maximum Gasteiger partial charge on any atom is 0.0757 e. The Hall–Kier alpha value is -2.50. The molecule has 0 amide bonds. The van der Waals surface area contributed by atoms with Crippen molar-refractivity contribution in [2.24, 2.45) is 11.3 Å². The van der Waals surface area contributed by atoms with E-state index < -0.39 is 14.2 Å². The summed E-state index contributed by atoms with van der Waals surface area (Å²) >= 11 is 0. The smallest absolute Gasteiger partial charge is 0.0757 e. The largest absolute Gasteiger partial charge is 0.389 e. The Morgan fingerprint density at radius 2 is 1.26 bits per heavy atom. The van der Waals surface area contributed by atoms with Crippen LogP contribution in [0, 0.1) is 11.3 Å². The van der Waals surface area contributed by atoms with Crippen molar-refractivity contribution in [2.75, 3.05) is 13.2 Å². The predicted molar refractivity (Wildman–Crippen MR) is 164 cm³/mol. The van der Waals surface area contributed by atoms with Crippen LogP contribution in [0.25, 0.3) is 0 Å². The Balaban J connectivity index is 1.53. The van der Waals surface area contributed by atoms with Gasteiger partial charge in [-0.3, -0.25) is 0 Å². The van der Waals surface area contributed by atoms with Gasteiger partial charge in [0.2, 0.25) is 0 Å². The molecule has 0 aromatic heterocycles. The quantitative estimate of drug-likeness (QED) is 0.222. The van der Waals surface area contributed by atoms with E-state index in [1.54, 1.807) is 0 Å². The maximum absolute atomic E-state index is 11.6. The summed E-state index contributed by atoms with van der Waals surface area (Å²) in [6, 6.07) is 31.3. The molecule has 0 heterocycles. The van der Waals surface area contributed by atoms with Crippen molar-refractivity contribution in [3.05, 3.63) is 118 Å². The number of aryl methyl sites for hydroxylation is 1. The molecule has 4 rings (SSSR count). The molecule has 0 bridgehead atoms. The van der Waals surface area contributed by atoms with E-state index in [2.05, 4.69) is 105 Å². The summed E-state index contributed by atoms with van der Waals surface area (Å²) in [5.41, 5.74) is 5.04. The molecule has 2 atom stereocenters. The Morgan fingerprint density at radius 3 is 1.72 bits per heavy atom. The molecule has 208 valence electrons. The molecule has 0 radical (unpaired) electrons. The molecule has 1 saturated carbocycles. The highest BCUT2D eigenvalue weighted by atomic mass is 28.3. The van der Waals surface area contributed by atoms with E-state index in [0.717, 1.165) is 25.7 Å². The maximum atomic E-state index is 11.6. The van der Waals surface area contributed by atoms with E-state index >= 15 is 0 Å². The molecule has 0 spiro atoms. The number of allylic oxidation sites excluding steroid dienone is 1. The fraction of sp³-hybridized carbons (Fsp3) is 0.429. The number of benzene rings is 3. The van der Waals surface area contributed by atoms with E-state index in [4.69, 9.17) is 9.47 Å². The van der Waals surface area contributed by atoms with Crippen molar-refractivity contribution in [1.29, 1.82) is 0 Å². The van der Waals surface area contributed by atoms with Gasteiger partial charge in [0.1, 0.15) is 0 Å². The molecule has 39 heavy (non-hydrogen) atoms. The second-order valence-corrected chi connectivity index (χ2v) is 17.5. The highest BCUT2D eigenvalue weighted by Crippen LogP contribution is 2.49. The Kier molecular flexibility index (Phi) is 10.4. The average molecular weight is 543 g/mol. The lowest BCUT2D eigenvalue weighted by atomic mass is 9.87. The van der Waals surface area contributed by atoms with Crippen LogP contribution in [0.2, 0.25) is 19.6 Å². The van der Waals surface area contributed by atoms with Gasteiger partial charge in [-0.15, -0.1) is 0 Å². The van der Waals surface area contributed by atoms with Crippen LogP contribution in [0.15, 0.2) is 102 Å². The monoisotopic (exact) mass is 542 g/mol. The minimum atomic E-state index is -1.78. The van der Waals surface area contributed by atoms with Crippen LogP contribution < -0.4 is 0 Å². The van der Waals surface area contributed by atoms with Crippen LogP contribution in [-0.4, -0.2) is 32.5 Å². The number of hydrogen-bond donors (Lipinski definition) is 1. The fourth-order valence-electron chi connectivity index (χ4n) is 6.25. The number of aliphatic hydroxyl groups is 1. The fourth-order valence-corrected chi connectivity index (χ4v) is 8.69. The van der Waals surface area contributed by atoms with Crippen molar-refractivity contribution in [3.63, 3.8) is 0 Å². The van der Waals surface area contributed by atoms with Crippen LogP contribution in [0.4, 0.5) is 0 Å². The Morgan fingerprint density at radius 1 is 0.795 bits per heavy atom. The summed E-state index contributed by atoms with van der Waals surface area (Å²) in [5, 5.41) is 13.0. The van der Waals surface area contributed by atoms with E-state index in [0.29, 0.717) is 32.3 Å². The molecule has 3 aromatic rings. The first-order valence-electron chi connectivity index (χ1n) is 14.4. The van der Waals surface area contributed by atoms with Crippen LogP contribution in [0.3, 0.4) is 0 Å². The lowest BCUT2D eigenvalue weighted by molar-refractivity contribution is -0.0304. The van der Waals surface area contributed by atoms with Gasteiger partial charge in [0.05, 0.1) is 40.6 Å². The summed E-state index contributed by atoms with van der Waals surface area (Å²) in [7, 11) is -1.78. The molecular formula is C35H46O3Si. The zero-order valence-corrected chi connectivity index (χ0v) is 25.2. The summed E-state index contributed by atoms with van der Waals surface area (Å²) in [6.07, 6.45) is 3.20. The van der Waals surface area contributed by atoms with Crippen molar-refractivity contribution < 1.29 is 14.6 Å². The van der Waals surface area contributed by atoms with E-state index in [-0.39, 0.29) is 5.41 Å². The average Bonchev–Trinajstić information content (AvgIpc) is 3.23. The number of ether oxygens (including phenoxy) is 2. The van der Waals surface area contributed by atoms with E-state index in [1.165, 1.54) is 27.5 Å². The first kappa shape index (κ1) is 29.5. The molecule has 0 aliphatic heterocycles. The van der Waals surface area contributed by atoms with Gasteiger partial charge in [-0.1, -0.05) is 128 Å². The lowest BCUT2D eigenvalue weighted by Gasteiger charge is -2.31. The van der Waals surface area contributed by atoms with Gasteiger partial charge in [0, 0.05) is 5.41 Å². The topological polar surface area (TPSA) is 38.7 Å². The molecule has 3 aromatic carbocycles. The minimum absolute atomic E-state index is 0.0949. The molecule has 0 saturated heterocycles. The Bertz CT molecular complexity index is 1120. The molecule has 4 heteroatoms. The zero-order valence-electron chi connectivity index (χ0n) is 24.2. The van der Waals surface area contributed by atoms with E-state index in [1.807, 2.05) is 12.1 Å². The number of rotatable bonds is 13. The molecule has 3 nitrogen and oxygen atoms in total. The predicted octanol–water partition coefficient (Wildman–Crippen LogP) is 8.00. The molecule has 1 fully saturated rings. The third-order valence-electron chi connectivity index (χ3n) is 7.98. The second-order valence-electron chi connectivity index (χ2n) is 12.5. The number of hydrogen-bond acceptors (Lipinski definition) is 3.